The summed E-state index contributed by atoms with van der Waals surface area (Å²) in [6.45, 7) is 3.97. The minimum atomic E-state index is -4.64. The van der Waals surface area contributed by atoms with Gasteiger partial charge in [-0.15, -0.1) is 0 Å². The van der Waals surface area contributed by atoms with Gasteiger partial charge in [-0.3, -0.25) is 0 Å². The Morgan fingerprint density at radius 2 is 1.29 bits per heavy atom. The third-order valence-corrected chi connectivity index (χ3v) is 1.18. The summed E-state index contributed by atoms with van der Waals surface area (Å²) < 4.78 is 43.8. The van der Waals surface area contributed by atoms with Crippen LogP contribution in [-0.4, -0.2) is 20.9 Å². The number of rotatable bonds is 0. The fourth-order valence-electron chi connectivity index (χ4n) is 0.283. The van der Waals surface area contributed by atoms with Crippen LogP contribution in [-0.2, 0) is 4.57 Å². The van der Waals surface area contributed by atoms with Crippen molar-refractivity contribution < 1.29 is 32.4 Å². The number of hydrogen-bond donors (Lipinski definition) is 3. The summed E-state index contributed by atoms with van der Waals surface area (Å²) in [5, 5.41) is 0. The maximum absolute atomic E-state index is 11.6. The summed E-state index contributed by atoms with van der Waals surface area (Å²) >= 11 is 0. The topological polar surface area (TPSA) is 77.8 Å². The first-order valence-electron chi connectivity index (χ1n) is 3.35. The highest BCUT2D eigenvalue weighted by Crippen LogP contribution is 2.27. The lowest BCUT2D eigenvalue weighted by Gasteiger charge is -2.07. The normalized spacial score (nSPS) is 11.5. The minimum absolute atomic E-state index is 0.322. The van der Waals surface area contributed by atoms with E-state index in [1.165, 1.54) is 13.8 Å². The molecule has 0 aliphatic heterocycles. The van der Waals surface area contributed by atoms with Gasteiger partial charge in [-0.25, -0.2) is 4.57 Å². The Bertz CT molecular complexity index is 240. The van der Waals surface area contributed by atoms with Crippen LogP contribution in [0.15, 0.2) is 11.1 Å². The predicted octanol–water partition coefficient (Wildman–Crippen LogP) is 1.98. The molecule has 0 rings (SSSR count). The zero-order valence-corrected chi connectivity index (χ0v) is 8.73. The zero-order valence-electron chi connectivity index (χ0n) is 7.83. The van der Waals surface area contributed by atoms with Crippen LogP contribution >= 0.6 is 7.82 Å². The highest BCUT2D eigenvalue weighted by Gasteiger charge is 2.30. The molecule has 4 nitrogen and oxygen atoms in total. The van der Waals surface area contributed by atoms with Gasteiger partial charge in [0.05, 0.1) is 0 Å². The molecule has 86 valence electrons. The third kappa shape index (κ3) is 14.2. The van der Waals surface area contributed by atoms with Gasteiger partial charge in [-0.05, 0) is 20.8 Å². The summed E-state index contributed by atoms with van der Waals surface area (Å²) in [6, 6.07) is 0. The number of alkyl halides is 3. The Morgan fingerprint density at radius 3 is 1.29 bits per heavy atom. The first kappa shape index (κ1) is 16.1. The van der Waals surface area contributed by atoms with Crippen LogP contribution in [0.3, 0.4) is 0 Å². The molecule has 8 heteroatoms. The number of halogens is 3. The number of allylic oxidation sites excluding steroid dienone is 2. The van der Waals surface area contributed by atoms with Gasteiger partial charge in [0.15, 0.2) is 0 Å². The maximum Gasteiger partial charge on any atom is 0.466 e. The molecule has 0 radical (unpaired) electrons. The van der Waals surface area contributed by atoms with Gasteiger partial charge < -0.3 is 14.7 Å². The maximum atomic E-state index is 11.6. The quantitative estimate of drug-likeness (QED) is 0.444. The predicted molar refractivity (Wildman–Crippen MR) is 44.4 cm³/mol. The molecule has 0 heterocycles. The van der Waals surface area contributed by atoms with Crippen molar-refractivity contribution in [3.05, 3.63) is 11.1 Å². The van der Waals surface area contributed by atoms with E-state index >= 15 is 0 Å². The van der Waals surface area contributed by atoms with Crippen LogP contribution < -0.4 is 0 Å². The Kier molecular flexibility index (Phi) is 6.32. The van der Waals surface area contributed by atoms with Crippen molar-refractivity contribution in [3.63, 3.8) is 0 Å². The Hall–Kier alpha value is -0.360. The average molecular weight is 236 g/mol. The van der Waals surface area contributed by atoms with E-state index in [0.717, 1.165) is 6.92 Å². The minimum Gasteiger partial charge on any atom is -0.303 e. The number of phosphoric acid groups is 1. The van der Waals surface area contributed by atoms with E-state index in [-0.39, 0.29) is 0 Å². The van der Waals surface area contributed by atoms with Crippen LogP contribution in [0.2, 0.25) is 0 Å². The molecule has 0 bridgehead atoms. The fraction of sp³-hybridized carbons (Fsp3) is 0.667. The standard InChI is InChI=1S/C6H9F3.H3O4P/c1-4(2)5(3)6(7,8)9;1-5(2,3)4/h1-3H3;(H3,1,2,3,4). The van der Waals surface area contributed by atoms with Crippen molar-refractivity contribution in [2.75, 3.05) is 0 Å². The van der Waals surface area contributed by atoms with Crippen molar-refractivity contribution in [1.29, 1.82) is 0 Å². The lowest BCUT2D eigenvalue weighted by molar-refractivity contribution is -0.0921. The fourth-order valence-corrected chi connectivity index (χ4v) is 0.283. The van der Waals surface area contributed by atoms with E-state index in [4.69, 9.17) is 19.2 Å². The molecule has 0 aliphatic carbocycles. The Morgan fingerprint density at radius 1 is 1.07 bits per heavy atom. The molecule has 0 unspecified atom stereocenters. The van der Waals surface area contributed by atoms with Gasteiger partial charge in [-0.2, -0.15) is 13.2 Å². The molecule has 0 saturated carbocycles. The summed E-state index contributed by atoms with van der Waals surface area (Å²) in [4.78, 5) is 21.6. The van der Waals surface area contributed by atoms with E-state index in [1.807, 2.05) is 0 Å². The van der Waals surface area contributed by atoms with E-state index in [2.05, 4.69) is 0 Å². The second-order valence-corrected chi connectivity index (χ2v) is 3.66. The van der Waals surface area contributed by atoms with Crippen LogP contribution in [0, 0.1) is 0 Å². The summed E-state index contributed by atoms with van der Waals surface area (Å²) in [5.74, 6) is 0. The summed E-state index contributed by atoms with van der Waals surface area (Å²) in [6.07, 6.45) is -4.14. The van der Waals surface area contributed by atoms with Gasteiger partial charge in [0.2, 0.25) is 0 Å². The van der Waals surface area contributed by atoms with Gasteiger partial charge in [0.1, 0.15) is 0 Å². The molecule has 3 N–H and O–H groups in total. The molecule has 0 aromatic heterocycles. The van der Waals surface area contributed by atoms with Gasteiger partial charge in [0.25, 0.3) is 0 Å². The van der Waals surface area contributed by atoms with E-state index in [1.54, 1.807) is 0 Å². The second kappa shape index (κ2) is 5.50. The molecule has 0 atom stereocenters. The molecule has 0 spiro atoms. The van der Waals surface area contributed by atoms with Gasteiger partial charge in [-0.1, -0.05) is 5.57 Å². The van der Waals surface area contributed by atoms with Crippen LogP contribution in [0.1, 0.15) is 20.8 Å². The molecule has 0 fully saturated rings. The molecule has 0 saturated heterocycles. The Labute approximate surface area is 79.3 Å². The molecular weight excluding hydrogens is 224 g/mol. The second-order valence-electron chi connectivity index (χ2n) is 2.64. The van der Waals surface area contributed by atoms with Crippen molar-refractivity contribution in [3.8, 4) is 0 Å². The molecule has 14 heavy (non-hydrogen) atoms. The number of hydrogen-bond acceptors (Lipinski definition) is 1. The highest BCUT2D eigenvalue weighted by atomic mass is 31.2. The van der Waals surface area contributed by atoms with Gasteiger partial charge >= 0.3 is 14.0 Å². The van der Waals surface area contributed by atoms with Crippen LogP contribution in [0.4, 0.5) is 13.2 Å². The lowest BCUT2D eigenvalue weighted by atomic mass is 10.2. The first-order valence-corrected chi connectivity index (χ1v) is 4.91. The average Bonchev–Trinajstić information content (AvgIpc) is 1.79. The molecular formula is C6H12F3O4P. The molecule has 0 aromatic rings. The summed E-state index contributed by atoms with van der Waals surface area (Å²) in [5.41, 5.74) is -0.176. The van der Waals surface area contributed by atoms with Crippen LogP contribution in [0.5, 0.6) is 0 Å². The van der Waals surface area contributed by atoms with E-state index in [0.29, 0.717) is 5.57 Å². The van der Waals surface area contributed by atoms with Crippen LogP contribution in [0.25, 0.3) is 0 Å². The monoisotopic (exact) mass is 236 g/mol. The van der Waals surface area contributed by atoms with Crippen molar-refractivity contribution in [2.24, 2.45) is 0 Å². The lowest BCUT2D eigenvalue weighted by Crippen LogP contribution is -2.09. The highest BCUT2D eigenvalue weighted by molar-refractivity contribution is 7.45. The van der Waals surface area contributed by atoms with E-state index in [9.17, 15) is 13.2 Å². The van der Waals surface area contributed by atoms with Gasteiger partial charge in [0, 0.05) is 5.57 Å². The smallest absolute Gasteiger partial charge is 0.303 e. The Balaban J connectivity index is 0. The molecule has 0 amide bonds. The molecule has 0 aromatic carbocycles. The third-order valence-electron chi connectivity index (χ3n) is 1.18. The zero-order chi connectivity index (χ0) is 12.2. The summed E-state index contributed by atoms with van der Waals surface area (Å²) in [7, 11) is -4.64. The SMILES string of the molecule is CC(C)=C(C)C(F)(F)F.O=P(O)(O)O. The molecule has 0 aliphatic rings. The van der Waals surface area contributed by atoms with Crippen molar-refractivity contribution in [2.45, 2.75) is 26.9 Å². The van der Waals surface area contributed by atoms with Crippen molar-refractivity contribution in [1.82, 2.24) is 0 Å². The van der Waals surface area contributed by atoms with E-state index < -0.39 is 19.6 Å². The van der Waals surface area contributed by atoms with Crippen molar-refractivity contribution >= 4 is 7.82 Å². The largest absolute Gasteiger partial charge is 0.466 e. The first-order chi connectivity index (χ1) is 5.85.